The van der Waals surface area contributed by atoms with E-state index in [-0.39, 0.29) is 6.10 Å². The van der Waals surface area contributed by atoms with Crippen LogP contribution in [0.5, 0.6) is 0 Å². The Kier molecular flexibility index (Phi) is 7.05. The van der Waals surface area contributed by atoms with Crippen molar-refractivity contribution in [3.05, 3.63) is 0 Å². The molecule has 4 heteroatoms. The number of nitriles is 1. The predicted molar refractivity (Wildman–Crippen MR) is 41.2 cm³/mol. The first kappa shape index (κ1) is 10.4. The highest BCUT2D eigenvalue weighted by Crippen LogP contribution is 1.87. The van der Waals surface area contributed by atoms with Gasteiger partial charge in [0.1, 0.15) is 0 Å². The van der Waals surface area contributed by atoms with Crippen LogP contribution in [0.15, 0.2) is 0 Å². The lowest BCUT2D eigenvalue weighted by Gasteiger charge is -2.13. The lowest BCUT2D eigenvalue weighted by Crippen LogP contribution is -2.31. The topological polar surface area (TPSA) is 54.3 Å². The third-order valence-corrected chi connectivity index (χ3v) is 1.26. The minimum atomic E-state index is 0.0355. The zero-order valence-electron chi connectivity index (χ0n) is 6.96. The van der Waals surface area contributed by atoms with Gasteiger partial charge in [-0.3, -0.25) is 0 Å². The fourth-order valence-corrected chi connectivity index (χ4v) is 0.685. The molecule has 1 atom stereocenters. The van der Waals surface area contributed by atoms with E-state index in [2.05, 4.69) is 5.32 Å². The lowest BCUT2D eigenvalue weighted by atomic mass is 10.4. The first-order valence-electron chi connectivity index (χ1n) is 3.44. The van der Waals surface area contributed by atoms with Crippen LogP contribution in [-0.2, 0) is 9.47 Å². The average Bonchev–Trinajstić information content (AvgIpc) is 2.03. The lowest BCUT2D eigenvalue weighted by molar-refractivity contribution is 0.0296. The second-order valence-corrected chi connectivity index (χ2v) is 2.10. The molecule has 1 N–H and O–H groups in total. The number of methoxy groups -OCH3 is 2. The zero-order valence-corrected chi connectivity index (χ0v) is 6.96. The van der Waals surface area contributed by atoms with E-state index in [0.717, 1.165) is 0 Å². The van der Waals surface area contributed by atoms with Crippen molar-refractivity contribution in [1.82, 2.24) is 5.32 Å². The van der Waals surface area contributed by atoms with Gasteiger partial charge in [-0.25, -0.2) is 0 Å². The Morgan fingerprint density at radius 2 is 2.27 bits per heavy atom. The number of hydrogen-bond donors (Lipinski definition) is 1. The van der Waals surface area contributed by atoms with Crippen molar-refractivity contribution >= 4 is 0 Å². The average molecular weight is 158 g/mol. The number of hydrogen-bond acceptors (Lipinski definition) is 4. The Morgan fingerprint density at radius 1 is 1.55 bits per heavy atom. The molecule has 64 valence electrons. The molecular formula is C7H14N2O2. The molecule has 0 aromatic rings. The highest BCUT2D eigenvalue weighted by molar-refractivity contribution is 4.74. The summed E-state index contributed by atoms with van der Waals surface area (Å²) in [6.45, 7) is 1.55. The van der Waals surface area contributed by atoms with Crippen LogP contribution >= 0.6 is 0 Å². The van der Waals surface area contributed by atoms with Crippen molar-refractivity contribution in [3.63, 3.8) is 0 Å². The van der Waals surface area contributed by atoms with Crippen molar-refractivity contribution in [1.29, 1.82) is 5.26 Å². The molecule has 1 unspecified atom stereocenters. The van der Waals surface area contributed by atoms with Crippen molar-refractivity contribution in [2.24, 2.45) is 0 Å². The SMILES string of the molecule is COCC(CNCC#N)OC. The summed E-state index contributed by atoms with van der Waals surface area (Å²) in [4.78, 5) is 0. The van der Waals surface area contributed by atoms with E-state index in [4.69, 9.17) is 14.7 Å². The number of nitrogens with zero attached hydrogens (tertiary/aromatic N) is 1. The van der Waals surface area contributed by atoms with Gasteiger partial charge in [0.25, 0.3) is 0 Å². The summed E-state index contributed by atoms with van der Waals surface area (Å²) in [6, 6.07) is 1.98. The van der Waals surface area contributed by atoms with Crippen LogP contribution in [-0.4, -0.2) is 40.0 Å². The predicted octanol–water partition coefficient (Wildman–Crippen LogP) is -0.239. The van der Waals surface area contributed by atoms with E-state index < -0.39 is 0 Å². The zero-order chi connectivity index (χ0) is 8.53. The van der Waals surface area contributed by atoms with Crippen molar-refractivity contribution in [2.45, 2.75) is 6.10 Å². The molecule has 11 heavy (non-hydrogen) atoms. The molecule has 0 aliphatic rings. The Morgan fingerprint density at radius 3 is 2.73 bits per heavy atom. The maximum Gasteiger partial charge on any atom is 0.0928 e. The van der Waals surface area contributed by atoms with Crippen LogP contribution in [0.2, 0.25) is 0 Å². The van der Waals surface area contributed by atoms with Crippen LogP contribution in [0.25, 0.3) is 0 Å². The maximum absolute atomic E-state index is 8.20. The van der Waals surface area contributed by atoms with Crippen molar-refractivity contribution in [2.75, 3.05) is 33.9 Å². The van der Waals surface area contributed by atoms with E-state index >= 15 is 0 Å². The van der Waals surface area contributed by atoms with E-state index in [0.29, 0.717) is 19.7 Å². The van der Waals surface area contributed by atoms with Crippen LogP contribution in [0.3, 0.4) is 0 Å². The summed E-state index contributed by atoms with van der Waals surface area (Å²) in [6.07, 6.45) is 0.0355. The molecule has 0 saturated heterocycles. The van der Waals surface area contributed by atoms with E-state index in [1.165, 1.54) is 0 Å². The molecule has 0 aliphatic carbocycles. The van der Waals surface area contributed by atoms with Gasteiger partial charge in [0.2, 0.25) is 0 Å². The second-order valence-electron chi connectivity index (χ2n) is 2.10. The molecule has 0 fully saturated rings. The van der Waals surface area contributed by atoms with Gasteiger partial charge in [-0.2, -0.15) is 5.26 Å². The maximum atomic E-state index is 8.20. The molecule has 0 amide bonds. The van der Waals surface area contributed by atoms with Crippen LogP contribution in [0.1, 0.15) is 0 Å². The van der Waals surface area contributed by atoms with Crippen molar-refractivity contribution in [3.8, 4) is 6.07 Å². The van der Waals surface area contributed by atoms with Gasteiger partial charge in [0.15, 0.2) is 0 Å². The first-order chi connectivity index (χ1) is 5.35. The molecule has 4 nitrogen and oxygen atoms in total. The fraction of sp³-hybridized carbons (Fsp3) is 0.857. The van der Waals surface area contributed by atoms with Gasteiger partial charge in [0, 0.05) is 20.8 Å². The highest BCUT2D eigenvalue weighted by atomic mass is 16.5. The summed E-state index contributed by atoms with van der Waals surface area (Å²) >= 11 is 0. The largest absolute Gasteiger partial charge is 0.382 e. The monoisotopic (exact) mass is 158 g/mol. The summed E-state index contributed by atoms with van der Waals surface area (Å²) < 4.78 is 9.92. The third-order valence-electron chi connectivity index (χ3n) is 1.26. The molecule has 0 aliphatic heterocycles. The fourth-order valence-electron chi connectivity index (χ4n) is 0.685. The highest BCUT2D eigenvalue weighted by Gasteiger charge is 2.04. The molecule has 0 radical (unpaired) electrons. The molecule has 0 bridgehead atoms. The van der Waals surface area contributed by atoms with Gasteiger partial charge in [-0.15, -0.1) is 0 Å². The molecular weight excluding hydrogens is 144 g/mol. The van der Waals surface area contributed by atoms with Crippen molar-refractivity contribution < 1.29 is 9.47 Å². The number of nitrogens with one attached hydrogen (secondary N) is 1. The summed E-state index contributed by atoms with van der Waals surface area (Å²) in [5.41, 5.74) is 0. The van der Waals surface area contributed by atoms with E-state index in [1.54, 1.807) is 14.2 Å². The third kappa shape index (κ3) is 5.80. The van der Waals surface area contributed by atoms with E-state index in [9.17, 15) is 0 Å². The Bertz CT molecular complexity index is 122. The minimum absolute atomic E-state index is 0.0355. The number of ether oxygens (including phenoxy) is 2. The van der Waals surface area contributed by atoms with E-state index in [1.807, 2.05) is 6.07 Å². The quantitative estimate of drug-likeness (QED) is 0.428. The van der Waals surface area contributed by atoms with Gasteiger partial charge >= 0.3 is 0 Å². The normalized spacial score (nSPS) is 12.5. The van der Waals surface area contributed by atoms with Gasteiger partial charge < -0.3 is 14.8 Å². The molecule has 0 heterocycles. The second kappa shape index (κ2) is 7.48. The minimum Gasteiger partial charge on any atom is -0.382 e. The molecule has 0 aromatic carbocycles. The Labute approximate surface area is 67.1 Å². The molecule has 0 rings (SSSR count). The van der Waals surface area contributed by atoms with Crippen LogP contribution < -0.4 is 5.32 Å². The first-order valence-corrected chi connectivity index (χ1v) is 3.44. The van der Waals surface area contributed by atoms with Gasteiger partial charge in [-0.1, -0.05) is 0 Å². The van der Waals surface area contributed by atoms with Crippen LogP contribution in [0.4, 0.5) is 0 Å². The summed E-state index contributed by atoms with van der Waals surface area (Å²) in [7, 11) is 3.24. The Balaban J connectivity index is 3.29. The Hall–Kier alpha value is -0.630. The summed E-state index contributed by atoms with van der Waals surface area (Å²) in [5, 5.41) is 11.1. The molecule has 0 spiro atoms. The number of rotatable bonds is 6. The van der Waals surface area contributed by atoms with Gasteiger partial charge in [-0.05, 0) is 0 Å². The smallest absolute Gasteiger partial charge is 0.0928 e. The standard InChI is InChI=1S/C7H14N2O2/c1-10-6-7(11-2)5-9-4-3-8/h7,9H,4-6H2,1-2H3. The molecule has 0 aromatic heterocycles. The summed E-state index contributed by atoms with van der Waals surface area (Å²) in [5.74, 6) is 0. The van der Waals surface area contributed by atoms with Gasteiger partial charge in [0.05, 0.1) is 25.3 Å². The van der Waals surface area contributed by atoms with Crippen LogP contribution in [0, 0.1) is 11.3 Å². The molecule has 0 saturated carbocycles.